The van der Waals surface area contributed by atoms with Crippen LogP contribution in [0.3, 0.4) is 0 Å². The van der Waals surface area contributed by atoms with Crippen LogP contribution >= 0.6 is 0 Å². The molecule has 0 unspecified atom stereocenters. The summed E-state index contributed by atoms with van der Waals surface area (Å²) in [5.74, 6) is -3.00. The number of nitrogens with one attached hydrogen (secondary N) is 3. The molecule has 3 N–H and O–H groups in total. The second-order valence-corrected chi connectivity index (χ2v) is 17.1. The zero-order chi connectivity index (χ0) is 36.7. The van der Waals surface area contributed by atoms with Gasteiger partial charge in [0.25, 0.3) is 5.91 Å². The summed E-state index contributed by atoms with van der Waals surface area (Å²) in [5.41, 5.74) is -1.35. The van der Waals surface area contributed by atoms with Crippen molar-refractivity contribution in [2.75, 3.05) is 19.8 Å². The van der Waals surface area contributed by atoms with Crippen LogP contribution < -0.4 is 15.4 Å². The highest BCUT2D eigenvalue weighted by molar-refractivity contribution is 7.91. The van der Waals surface area contributed by atoms with Gasteiger partial charge in [0, 0.05) is 31.7 Å². The average Bonchev–Trinajstić information content (AvgIpc) is 3.93. The summed E-state index contributed by atoms with van der Waals surface area (Å²) >= 11 is 0. The highest BCUT2D eigenvalue weighted by Crippen LogP contribution is 2.48. The molecule has 51 heavy (non-hydrogen) atoms. The normalized spacial score (nSPS) is 28.6. The third-order valence-electron chi connectivity index (χ3n) is 9.97. The number of fused-ring (bicyclic) bond motifs is 3. The predicted octanol–water partition coefficient (Wildman–Crippen LogP) is 2.21. The van der Waals surface area contributed by atoms with E-state index in [-0.39, 0.29) is 51.4 Å². The van der Waals surface area contributed by atoms with Gasteiger partial charge in [-0.05, 0) is 83.3 Å². The molecule has 4 fully saturated rings. The van der Waals surface area contributed by atoms with E-state index < -0.39 is 80.3 Å². The van der Waals surface area contributed by atoms with Gasteiger partial charge in [-0.3, -0.25) is 24.0 Å². The molecular weight excluding hydrogens is 689 g/mol. The molecule has 0 radical (unpaired) electrons. The van der Waals surface area contributed by atoms with Crippen LogP contribution in [0.5, 0.6) is 0 Å². The van der Waals surface area contributed by atoms with E-state index in [0.29, 0.717) is 49.8 Å². The lowest BCUT2D eigenvalue weighted by Crippen LogP contribution is -2.58. The van der Waals surface area contributed by atoms with Crippen molar-refractivity contribution in [2.45, 2.75) is 120 Å². The first-order valence-electron chi connectivity index (χ1n) is 17.5. The van der Waals surface area contributed by atoms with Gasteiger partial charge in [0.15, 0.2) is 0 Å². The zero-order valence-corrected chi connectivity index (χ0v) is 29.9. The number of halogens is 1. The number of nitrogens with zero attached hydrogens (tertiary/aromatic N) is 2. The summed E-state index contributed by atoms with van der Waals surface area (Å²) in [5, 5.41) is 4.76. The van der Waals surface area contributed by atoms with Crippen LogP contribution in [0.4, 0.5) is 14.0 Å². The summed E-state index contributed by atoms with van der Waals surface area (Å²) in [6, 6.07) is 2.22. The monoisotopic (exact) mass is 735 g/mol. The maximum atomic E-state index is 14.4. The Morgan fingerprint density at radius 3 is 2.47 bits per heavy atom. The second kappa shape index (κ2) is 14.2. The number of amides is 5. The molecule has 5 aliphatic rings. The van der Waals surface area contributed by atoms with E-state index in [1.165, 1.54) is 15.9 Å². The van der Waals surface area contributed by atoms with Gasteiger partial charge >= 0.3 is 12.2 Å². The lowest BCUT2D eigenvalue weighted by Gasteiger charge is -2.30. The van der Waals surface area contributed by atoms with Crippen molar-refractivity contribution in [3.63, 3.8) is 0 Å². The molecule has 2 aliphatic carbocycles. The summed E-state index contributed by atoms with van der Waals surface area (Å²) in [6.45, 7) is 5.56. The number of carbonyl (C=O) groups excluding carboxylic acids is 5. The molecule has 280 valence electrons. The Morgan fingerprint density at radius 2 is 1.78 bits per heavy atom. The van der Waals surface area contributed by atoms with Crippen LogP contribution in [0.25, 0.3) is 0 Å². The molecule has 3 heterocycles. The van der Waals surface area contributed by atoms with Gasteiger partial charge in [0.1, 0.15) is 35.1 Å². The quantitative estimate of drug-likeness (QED) is 0.405. The minimum atomic E-state index is -3.92. The largest absolute Gasteiger partial charge is 0.444 e. The number of ether oxygens (including phenoxy) is 3. The van der Waals surface area contributed by atoms with Gasteiger partial charge in [-0.1, -0.05) is 12.1 Å². The van der Waals surface area contributed by atoms with Gasteiger partial charge < -0.3 is 29.7 Å². The molecule has 15 nitrogen and oxygen atoms in total. The molecule has 0 aromatic heterocycles. The second-order valence-electron chi connectivity index (χ2n) is 15.1. The Hall–Kier alpha value is -3.99. The zero-order valence-electron chi connectivity index (χ0n) is 29.1. The van der Waals surface area contributed by atoms with Crippen molar-refractivity contribution in [3.05, 3.63) is 35.1 Å². The Bertz CT molecular complexity index is 1680. The SMILES string of the molecule is CC(C)(C)OC(=O)N[C@H]1CCCOCCC[C@@H]2C[C@@]2(C(=O)NS(=O)(=O)C2CC2)NC(=O)[C@@H]2C[C@@H](OC(=O)N3Cc4cccc(F)c4C3)CN2C1=O. The molecule has 1 aromatic rings. The number of benzene rings is 1. The highest BCUT2D eigenvalue weighted by Gasteiger charge is 2.62. The Balaban J connectivity index is 1.24. The first-order chi connectivity index (χ1) is 24.1. The summed E-state index contributed by atoms with van der Waals surface area (Å²) in [6.07, 6.45) is -0.0551. The van der Waals surface area contributed by atoms with Crippen molar-refractivity contribution in [3.8, 4) is 0 Å². The van der Waals surface area contributed by atoms with Crippen molar-refractivity contribution < 1.29 is 51.0 Å². The van der Waals surface area contributed by atoms with Crippen LogP contribution in [-0.4, -0.2) is 102 Å². The fourth-order valence-electron chi connectivity index (χ4n) is 7.08. The molecule has 2 saturated carbocycles. The van der Waals surface area contributed by atoms with E-state index in [1.54, 1.807) is 32.9 Å². The molecule has 6 rings (SSSR count). The predicted molar refractivity (Wildman–Crippen MR) is 178 cm³/mol. The summed E-state index contributed by atoms with van der Waals surface area (Å²) in [7, 11) is -3.92. The van der Waals surface area contributed by atoms with Crippen molar-refractivity contribution >= 4 is 39.9 Å². The number of rotatable bonds is 5. The molecule has 5 atom stereocenters. The lowest BCUT2D eigenvalue weighted by atomic mass is 10.1. The minimum absolute atomic E-state index is 0.00709. The van der Waals surface area contributed by atoms with E-state index >= 15 is 0 Å². The standard InChI is InChI=1S/C34H46FN5O10S/c1-33(2,3)50-31(44)36-26-10-6-14-48-13-5-8-21-16-34(21,30(43)38-51(46,47)23-11-12-23)37-28(41)27-15-22(18-40(27)29(26)42)49-32(45)39-17-20-7-4-9-25(35)24(20)19-39/h4,7,9,21-23,26-27H,5-6,8,10-19H2,1-3H3,(H,36,44)(H,37,41)(H,38,43)/t21-,22-,26+,27+,34-/m1/s1. The highest BCUT2D eigenvalue weighted by atomic mass is 32.2. The van der Waals surface area contributed by atoms with Crippen LogP contribution in [-0.2, 0) is 51.7 Å². The number of hydrogen-bond acceptors (Lipinski definition) is 10. The number of alkyl carbamates (subject to hydrolysis) is 1. The average molecular weight is 736 g/mol. The van der Waals surface area contributed by atoms with Crippen LogP contribution in [0.15, 0.2) is 18.2 Å². The maximum Gasteiger partial charge on any atom is 0.410 e. The lowest BCUT2D eigenvalue weighted by molar-refractivity contribution is -0.141. The van der Waals surface area contributed by atoms with E-state index in [1.807, 2.05) is 0 Å². The molecule has 0 spiro atoms. The van der Waals surface area contributed by atoms with Crippen LogP contribution in [0.2, 0.25) is 0 Å². The minimum Gasteiger partial charge on any atom is -0.444 e. The first-order valence-corrected chi connectivity index (χ1v) is 19.1. The van der Waals surface area contributed by atoms with Crippen LogP contribution in [0.1, 0.15) is 83.3 Å². The molecule has 1 aromatic carbocycles. The molecule has 0 bridgehead atoms. The van der Waals surface area contributed by atoms with Crippen LogP contribution in [0, 0.1) is 11.7 Å². The molecule has 2 saturated heterocycles. The fourth-order valence-corrected chi connectivity index (χ4v) is 8.45. The van der Waals surface area contributed by atoms with E-state index in [2.05, 4.69) is 15.4 Å². The molecule has 3 aliphatic heterocycles. The Morgan fingerprint density at radius 1 is 1.06 bits per heavy atom. The fraction of sp³-hybridized carbons (Fsp3) is 0.676. The maximum absolute atomic E-state index is 14.4. The van der Waals surface area contributed by atoms with Gasteiger partial charge in [-0.15, -0.1) is 0 Å². The molecule has 17 heteroatoms. The first kappa shape index (κ1) is 36.8. The summed E-state index contributed by atoms with van der Waals surface area (Å²) in [4.78, 5) is 70.7. The van der Waals surface area contributed by atoms with Gasteiger partial charge in [0.05, 0.1) is 18.3 Å². The summed E-state index contributed by atoms with van der Waals surface area (Å²) < 4.78 is 59.0. The van der Waals surface area contributed by atoms with E-state index in [0.717, 1.165) is 0 Å². The van der Waals surface area contributed by atoms with Gasteiger partial charge in [-0.25, -0.2) is 22.4 Å². The van der Waals surface area contributed by atoms with Crippen molar-refractivity contribution in [2.24, 2.45) is 5.92 Å². The molecule has 5 amide bonds. The third-order valence-corrected chi connectivity index (χ3v) is 11.8. The third kappa shape index (κ3) is 8.40. The number of carbonyl (C=O) groups is 5. The number of sulfonamides is 1. The van der Waals surface area contributed by atoms with Crippen molar-refractivity contribution in [1.29, 1.82) is 0 Å². The van der Waals surface area contributed by atoms with Gasteiger partial charge in [-0.2, -0.15) is 0 Å². The Kier molecular flexibility index (Phi) is 10.2. The molecular formula is C34H46FN5O10S. The number of hydrogen-bond donors (Lipinski definition) is 3. The van der Waals surface area contributed by atoms with E-state index in [4.69, 9.17) is 14.2 Å². The smallest absolute Gasteiger partial charge is 0.410 e. The van der Waals surface area contributed by atoms with Gasteiger partial charge in [0.2, 0.25) is 21.8 Å². The van der Waals surface area contributed by atoms with E-state index in [9.17, 15) is 36.8 Å². The Labute approximate surface area is 296 Å². The topological polar surface area (TPSA) is 190 Å². The van der Waals surface area contributed by atoms with Crippen molar-refractivity contribution in [1.82, 2.24) is 25.2 Å².